The second-order valence-corrected chi connectivity index (χ2v) is 7.44. The first-order chi connectivity index (χ1) is 16.4. The smallest absolute Gasteiger partial charge is 0.331 e. The Morgan fingerprint density at radius 3 is 2.59 bits per heavy atom. The Bertz CT molecular complexity index is 1470. The van der Waals surface area contributed by atoms with Crippen LogP contribution < -0.4 is 26.0 Å². The van der Waals surface area contributed by atoms with Crippen molar-refractivity contribution >= 4 is 22.5 Å². The average molecular weight is 465 g/mol. The number of carbonyl (C=O) groups is 1. The number of anilines is 1. The fraction of sp³-hybridized carbons (Fsp3) is 0.261. The molecule has 0 fully saturated rings. The second-order valence-electron chi connectivity index (χ2n) is 7.44. The summed E-state index contributed by atoms with van der Waals surface area (Å²) in [5, 5.41) is 6.78. The van der Waals surface area contributed by atoms with Crippen molar-refractivity contribution in [3.8, 4) is 11.5 Å². The maximum atomic E-state index is 13.3. The van der Waals surface area contributed by atoms with Crippen molar-refractivity contribution < 1.29 is 18.8 Å². The summed E-state index contributed by atoms with van der Waals surface area (Å²) in [6.07, 6.45) is 0.196. The van der Waals surface area contributed by atoms with Crippen LogP contribution in [0.15, 0.2) is 56.6 Å². The number of para-hydroxylation sites is 1. The van der Waals surface area contributed by atoms with E-state index in [2.05, 4.69) is 15.5 Å². The molecule has 1 amide bonds. The molecule has 2 aromatic heterocycles. The molecule has 1 N–H and O–H groups in total. The third kappa shape index (κ3) is 4.53. The summed E-state index contributed by atoms with van der Waals surface area (Å²) < 4.78 is 17.9. The number of nitrogens with zero attached hydrogens (tertiary/aromatic N) is 4. The minimum atomic E-state index is -0.618. The summed E-state index contributed by atoms with van der Waals surface area (Å²) in [6, 6.07) is 11.6. The van der Waals surface area contributed by atoms with E-state index in [0.29, 0.717) is 39.8 Å². The number of nitrogens with one attached hydrogen (secondary N) is 1. The molecule has 0 radical (unpaired) electrons. The lowest BCUT2D eigenvalue weighted by molar-refractivity contribution is -0.116. The SMILES string of the molecule is COc1ccc(OC)c(NC(=O)Cn2c(=O)n(CCc3nc(C)no3)c(=O)c3ccccc32)c1. The molecule has 176 valence electrons. The quantitative estimate of drug-likeness (QED) is 0.417. The molecule has 34 heavy (non-hydrogen) atoms. The topological polar surface area (TPSA) is 130 Å². The van der Waals surface area contributed by atoms with Gasteiger partial charge in [0.2, 0.25) is 11.8 Å². The number of carbonyl (C=O) groups excluding carboxylic acids is 1. The lowest BCUT2D eigenvalue weighted by atomic mass is 10.2. The standard InChI is InChI=1S/C23H23N5O6/c1-14-24-21(34-26-14)10-11-27-22(30)16-6-4-5-7-18(16)28(23(27)31)13-20(29)25-17-12-15(32-2)8-9-19(17)33-3/h4-9,12H,10-11,13H2,1-3H3,(H,25,29). The van der Waals surface area contributed by atoms with E-state index >= 15 is 0 Å². The van der Waals surface area contributed by atoms with Gasteiger partial charge in [-0.05, 0) is 31.2 Å². The largest absolute Gasteiger partial charge is 0.497 e. The Kier molecular flexibility index (Phi) is 6.44. The van der Waals surface area contributed by atoms with Gasteiger partial charge in [-0.3, -0.25) is 18.7 Å². The molecule has 0 unspecified atom stereocenters. The summed E-state index contributed by atoms with van der Waals surface area (Å²) in [5.74, 6) is 1.26. The van der Waals surface area contributed by atoms with E-state index in [1.165, 1.54) is 18.8 Å². The number of hydrogen-bond acceptors (Lipinski definition) is 8. The Morgan fingerprint density at radius 1 is 1.09 bits per heavy atom. The van der Waals surface area contributed by atoms with Crippen molar-refractivity contribution in [1.82, 2.24) is 19.3 Å². The van der Waals surface area contributed by atoms with Gasteiger partial charge < -0.3 is 19.3 Å². The highest BCUT2D eigenvalue weighted by atomic mass is 16.5. The Hall–Kier alpha value is -4.41. The molecular formula is C23H23N5O6. The fourth-order valence-corrected chi connectivity index (χ4v) is 3.61. The van der Waals surface area contributed by atoms with Gasteiger partial charge in [0.1, 0.15) is 18.0 Å². The summed E-state index contributed by atoms with van der Waals surface area (Å²) in [4.78, 5) is 43.3. The van der Waals surface area contributed by atoms with E-state index in [0.717, 1.165) is 4.57 Å². The molecule has 0 spiro atoms. The number of methoxy groups -OCH3 is 2. The fourth-order valence-electron chi connectivity index (χ4n) is 3.61. The molecule has 2 aromatic carbocycles. The number of aryl methyl sites for hydroxylation is 2. The van der Waals surface area contributed by atoms with Gasteiger partial charge in [0.15, 0.2) is 5.82 Å². The van der Waals surface area contributed by atoms with Gasteiger partial charge in [0.25, 0.3) is 5.56 Å². The molecule has 11 heteroatoms. The van der Waals surface area contributed by atoms with Crippen LogP contribution in [-0.4, -0.2) is 39.4 Å². The van der Waals surface area contributed by atoms with Crippen LogP contribution in [0.25, 0.3) is 10.9 Å². The zero-order valence-electron chi connectivity index (χ0n) is 18.9. The highest BCUT2D eigenvalue weighted by Crippen LogP contribution is 2.28. The normalized spacial score (nSPS) is 10.9. The first kappa shape index (κ1) is 22.8. The first-order valence-electron chi connectivity index (χ1n) is 10.4. The molecule has 11 nitrogen and oxygen atoms in total. The number of benzene rings is 2. The van der Waals surface area contributed by atoms with Crippen LogP contribution >= 0.6 is 0 Å². The summed E-state index contributed by atoms with van der Waals surface area (Å²) in [5.41, 5.74) is -0.324. The van der Waals surface area contributed by atoms with Gasteiger partial charge in [-0.1, -0.05) is 17.3 Å². The van der Waals surface area contributed by atoms with Crippen LogP contribution in [0.4, 0.5) is 5.69 Å². The summed E-state index contributed by atoms with van der Waals surface area (Å²) in [6.45, 7) is 1.38. The van der Waals surface area contributed by atoms with Gasteiger partial charge in [0, 0.05) is 19.0 Å². The lowest BCUT2D eigenvalue weighted by Gasteiger charge is -2.15. The van der Waals surface area contributed by atoms with Gasteiger partial charge in [-0.15, -0.1) is 0 Å². The number of amides is 1. The molecule has 0 aliphatic carbocycles. The summed E-state index contributed by atoms with van der Waals surface area (Å²) >= 11 is 0. The predicted octanol–water partition coefficient (Wildman–Crippen LogP) is 1.75. The van der Waals surface area contributed by atoms with Gasteiger partial charge in [-0.25, -0.2) is 4.79 Å². The van der Waals surface area contributed by atoms with Gasteiger partial charge in [-0.2, -0.15) is 4.98 Å². The van der Waals surface area contributed by atoms with Crippen molar-refractivity contribution in [3.63, 3.8) is 0 Å². The number of aromatic nitrogens is 4. The van der Waals surface area contributed by atoms with Crippen molar-refractivity contribution in [2.24, 2.45) is 0 Å². The zero-order chi connectivity index (χ0) is 24.2. The van der Waals surface area contributed by atoms with Crippen LogP contribution in [0.3, 0.4) is 0 Å². The second kappa shape index (κ2) is 9.61. The minimum Gasteiger partial charge on any atom is -0.497 e. The van der Waals surface area contributed by atoms with Crippen molar-refractivity contribution in [1.29, 1.82) is 0 Å². The van der Waals surface area contributed by atoms with E-state index in [1.807, 2.05) is 0 Å². The third-order valence-corrected chi connectivity index (χ3v) is 5.23. The van der Waals surface area contributed by atoms with E-state index in [1.54, 1.807) is 49.4 Å². The monoisotopic (exact) mass is 465 g/mol. The van der Waals surface area contributed by atoms with Crippen molar-refractivity contribution in [2.75, 3.05) is 19.5 Å². The number of ether oxygens (including phenoxy) is 2. The van der Waals surface area contributed by atoms with Crippen molar-refractivity contribution in [3.05, 3.63) is 75.0 Å². The van der Waals surface area contributed by atoms with Crippen molar-refractivity contribution in [2.45, 2.75) is 26.4 Å². The van der Waals surface area contributed by atoms with Crippen LogP contribution in [0.5, 0.6) is 11.5 Å². The Morgan fingerprint density at radius 2 is 1.88 bits per heavy atom. The molecule has 0 saturated heterocycles. The molecule has 0 atom stereocenters. The third-order valence-electron chi connectivity index (χ3n) is 5.23. The first-order valence-corrected chi connectivity index (χ1v) is 10.4. The molecular weight excluding hydrogens is 442 g/mol. The maximum absolute atomic E-state index is 13.3. The lowest BCUT2D eigenvalue weighted by Crippen LogP contribution is -2.42. The number of rotatable bonds is 8. The predicted molar refractivity (Wildman–Crippen MR) is 123 cm³/mol. The van der Waals surface area contributed by atoms with E-state index < -0.39 is 17.2 Å². The number of hydrogen-bond donors (Lipinski definition) is 1. The molecule has 0 aliphatic heterocycles. The van der Waals surface area contributed by atoms with Crippen LogP contribution in [0, 0.1) is 6.92 Å². The Balaban J connectivity index is 1.68. The Labute approximate surface area is 193 Å². The van der Waals surface area contributed by atoms with E-state index in [9.17, 15) is 14.4 Å². The van der Waals surface area contributed by atoms with Crippen LogP contribution in [-0.2, 0) is 24.3 Å². The van der Waals surface area contributed by atoms with E-state index in [4.69, 9.17) is 14.0 Å². The summed E-state index contributed by atoms with van der Waals surface area (Å²) in [7, 11) is 2.99. The van der Waals surface area contributed by atoms with Gasteiger partial charge in [0.05, 0.1) is 30.8 Å². The molecule has 0 aliphatic rings. The van der Waals surface area contributed by atoms with Gasteiger partial charge >= 0.3 is 5.69 Å². The molecule has 2 heterocycles. The zero-order valence-corrected chi connectivity index (χ0v) is 18.9. The molecule has 4 rings (SSSR count). The van der Waals surface area contributed by atoms with Crippen LogP contribution in [0.1, 0.15) is 11.7 Å². The molecule has 0 bridgehead atoms. The highest BCUT2D eigenvalue weighted by Gasteiger charge is 2.17. The maximum Gasteiger partial charge on any atom is 0.331 e. The molecule has 0 saturated carbocycles. The number of fused-ring (bicyclic) bond motifs is 1. The van der Waals surface area contributed by atoms with Crippen LogP contribution in [0.2, 0.25) is 0 Å². The minimum absolute atomic E-state index is 0.0233. The highest BCUT2D eigenvalue weighted by molar-refractivity contribution is 5.93. The average Bonchev–Trinajstić information content (AvgIpc) is 3.26. The van der Waals surface area contributed by atoms with E-state index in [-0.39, 0.29) is 19.5 Å². The molecule has 4 aromatic rings.